The second kappa shape index (κ2) is 8.03. The Balaban J connectivity index is 1.76. The Labute approximate surface area is 175 Å². The van der Waals surface area contributed by atoms with Crippen LogP contribution in [0.25, 0.3) is 16.7 Å². The summed E-state index contributed by atoms with van der Waals surface area (Å²) in [5, 5.41) is 5.77. The van der Waals surface area contributed by atoms with Crippen molar-refractivity contribution >= 4 is 28.5 Å². The van der Waals surface area contributed by atoms with E-state index in [1.54, 1.807) is 18.0 Å². The Morgan fingerprint density at radius 3 is 2.72 bits per heavy atom. The minimum Gasteiger partial charge on any atom is -0.497 e. The number of carbonyl (C=O) groups excluding carboxylic acids is 1. The Hall–Kier alpha value is -2.60. The smallest absolute Gasteiger partial charge is 0.257 e. The number of pyridine rings is 1. The number of methoxy groups -OCH3 is 1. The number of hydrogen-bond donors (Lipinski definition) is 0. The summed E-state index contributed by atoms with van der Waals surface area (Å²) in [7, 11) is 1.63. The zero-order valence-electron chi connectivity index (χ0n) is 17.0. The molecular weight excluding hydrogens is 388 g/mol. The molecule has 3 heterocycles. The minimum absolute atomic E-state index is 0.0347. The molecule has 152 valence electrons. The van der Waals surface area contributed by atoms with Crippen LogP contribution in [-0.4, -0.2) is 45.3 Å². The van der Waals surface area contributed by atoms with Crippen LogP contribution in [0.5, 0.6) is 5.75 Å². The molecule has 1 fully saturated rings. The number of nitrogens with zero attached hydrogens (tertiary/aromatic N) is 4. The highest BCUT2D eigenvalue weighted by molar-refractivity contribution is 6.38. The van der Waals surface area contributed by atoms with Gasteiger partial charge in [0, 0.05) is 18.8 Å². The average Bonchev–Trinajstić information content (AvgIpc) is 3.10. The summed E-state index contributed by atoms with van der Waals surface area (Å²) in [4.78, 5) is 19.8. The van der Waals surface area contributed by atoms with E-state index in [-0.39, 0.29) is 11.9 Å². The van der Waals surface area contributed by atoms with Crippen LogP contribution < -0.4 is 4.74 Å². The van der Waals surface area contributed by atoms with E-state index >= 15 is 0 Å². The summed E-state index contributed by atoms with van der Waals surface area (Å²) in [5.41, 5.74) is 2.69. The van der Waals surface area contributed by atoms with E-state index in [2.05, 4.69) is 17.0 Å². The molecule has 0 aliphatic carbocycles. The molecule has 1 aliphatic rings. The van der Waals surface area contributed by atoms with Gasteiger partial charge in [0.2, 0.25) is 0 Å². The van der Waals surface area contributed by atoms with E-state index in [9.17, 15) is 4.79 Å². The van der Waals surface area contributed by atoms with Gasteiger partial charge in [-0.1, -0.05) is 18.5 Å². The molecule has 1 saturated heterocycles. The highest BCUT2D eigenvalue weighted by Gasteiger charge is 2.29. The molecule has 0 bridgehead atoms. The van der Waals surface area contributed by atoms with E-state index < -0.39 is 0 Å². The Kier molecular flexibility index (Phi) is 5.46. The molecule has 0 N–H and O–H groups in total. The highest BCUT2D eigenvalue weighted by atomic mass is 35.5. The molecule has 1 amide bonds. The molecule has 2 aromatic heterocycles. The molecule has 0 spiro atoms. The molecular formula is C22H25ClN4O2. The van der Waals surface area contributed by atoms with Gasteiger partial charge in [-0.2, -0.15) is 5.10 Å². The van der Waals surface area contributed by atoms with Crippen molar-refractivity contribution in [2.45, 2.75) is 45.6 Å². The number of halogens is 1. The number of aryl methyl sites for hydroxylation is 1. The van der Waals surface area contributed by atoms with Crippen molar-refractivity contribution in [2.75, 3.05) is 13.7 Å². The van der Waals surface area contributed by atoms with Crippen LogP contribution >= 0.6 is 11.6 Å². The average molecular weight is 413 g/mol. The highest BCUT2D eigenvalue weighted by Crippen LogP contribution is 2.32. The number of amides is 1. The molecule has 0 radical (unpaired) electrons. The van der Waals surface area contributed by atoms with Crippen LogP contribution in [0.3, 0.4) is 0 Å². The fourth-order valence-electron chi connectivity index (χ4n) is 4.11. The molecule has 6 nitrogen and oxygen atoms in total. The van der Waals surface area contributed by atoms with E-state index in [4.69, 9.17) is 16.3 Å². The summed E-state index contributed by atoms with van der Waals surface area (Å²) >= 11 is 6.74. The largest absolute Gasteiger partial charge is 0.497 e. The second-order valence-corrected chi connectivity index (χ2v) is 7.81. The van der Waals surface area contributed by atoms with Crippen LogP contribution in [0.1, 0.15) is 48.7 Å². The van der Waals surface area contributed by atoms with Gasteiger partial charge < -0.3 is 9.64 Å². The molecule has 0 unspecified atom stereocenters. The fourth-order valence-corrected chi connectivity index (χ4v) is 4.46. The third-order valence-corrected chi connectivity index (χ3v) is 6.11. The van der Waals surface area contributed by atoms with Gasteiger partial charge in [0.25, 0.3) is 5.91 Å². The molecule has 3 aromatic rings. The summed E-state index contributed by atoms with van der Waals surface area (Å²) < 4.78 is 6.98. The monoisotopic (exact) mass is 412 g/mol. The van der Waals surface area contributed by atoms with Crippen molar-refractivity contribution in [3.63, 3.8) is 0 Å². The van der Waals surface area contributed by atoms with Gasteiger partial charge >= 0.3 is 0 Å². The van der Waals surface area contributed by atoms with E-state index in [0.717, 1.165) is 48.3 Å². The summed E-state index contributed by atoms with van der Waals surface area (Å²) in [6.45, 7) is 4.79. The SMILES string of the molecule is CC[C@@H]1CCCCN1C(=O)c1cnc2c(c(C)nn2-c2ccc(OC)cc2)c1Cl. The Morgan fingerprint density at radius 1 is 1.28 bits per heavy atom. The summed E-state index contributed by atoms with van der Waals surface area (Å²) in [6, 6.07) is 7.85. The van der Waals surface area contributed by atoms with Crippen LogP contribution in [0.2, 0.25) is 5.02 Å². The van der Waals surface area contributed by atoms with Gasteiger partial charge in [-0.15, -0.1) is 0 Å². The van der Waals surface area contributed by atoms with Crippen molar-refractivity contribution in [1.29, 1.82) is 0 Å². The van der Waals surface area contributed by atoms with Gasteiger partial charge in [0.05, 0.1) is 34.5 Å². The normalized spacial score (nSPS) is 17.0. The Morgan fingerprint density at radius 2 is 2.03 bits per heavy atom. The van der Waals surface area contributed by atoms with Gasteiger partial charge in [-0.25, -0.2) is 9.67 Å². The zero-order valence-corrected chi connectivity index (χ0v) is 17.7. The van der Waals surface area contributed by atoms with Crippen LogP contribution in [0, 0.1) is 6.92 Å². The molecule has 7 heteroatoms. The van der Waals surface area contributed by atoms with Crippen molar-refractivity contribution < 1.29 is 9.53 Å². The first kappa shape index (κ1) is 19.7. The second-order valence-electron chi connectivity index (χ2n) is 7.44. The maximum Gasteiger partial charge on any atom is 0.257 e. The standard InChI is InChI=1S/C22H25ClN4O2/c1-4-15-7-5-6-12-26(15)22(28)18-13-24-21-19(20(18)23)14(2)25-27(21)16-8-10-17(29-3)11-9-16/h8-11,13,15H,4-7,12H2,1-3H3/t15-/m1/s1. The maximum absolute atomic E-state index is 13.3. The number of ether oxygens (including phenoxy) is 1. The van der Waals surface area contributed by atoms with Crippen molar-refractivity contribution in [2.24, 2.45) is 0 Å². The predicted molar refractivity (Wildman–Crippen MR) is 114 cm³/mol. The lowest BCUT2D eigenvalue weighted by Gasteiger charge is -2.35. The summed E-state index contributed by atoms with van der Waals surface area (Å²) in [5.74, 6) is 0.736. The maximum atomic E-state index is 13.3. The minimum atomic E-state index is -0.0347. The fraction of sp³-hybridized carbons (Fsp3) is 0.409. The van der Waals surface area contributed by atoms with Gasteiger partial charge in [0.1, 0.15) is 5.75 Å². The number of piperidine rings is 1. The van der Waals surface area contributed by atoms with Crippen LogP contribution in [0.4, 0.5) is 0 Å². The van der Waals surface area contributed by atoms with E-state index in [1.165, 1.54) is 6.42 Å². The first-order valence-electron chi connectivity index (χ1n) is 10.0. The van der Waals surface area contributed by atoms with E-state index in [1.807, 2.05) is 36.1 Å². The van der Waals surface area contributed by atoms with Crippen molar-refractivity contribution in [3.8, 4) is 11.4 Å². The molecule has 1 aromatic carbocycles. The topological polar surface area (TPSA) is 60.2 Å². The van der Waals surface area contributed by atoms with Crippen LogP contribution in [0.15, 0.2) is 30.5 Å². The molecule has 0 saturated carbocycles. The number of fused-ring (bicyclic) bond motifs is 1. The predicted octanol–water partition coefficient (Wildman–Crippen LogP) is 4.80. The number of likely N-dealkylation sites (tertiary alicyclic amines) is 1. The first-order valence-corrected chi connectivity index (χ1v) is 10.4. The van der Waals surface area contributed by atoms with Crippen molar-refractivity contribution in [3.05, 3.63) is 46.7 Å². The molecule has 4 rings (SSSR count). The number of aromatic nitrogens is 3. The lowest BCUT2D eigenvalue weighted by atomic mass is 9.99. The number of benzene rings is 1. The third kappa shape index (κ3) is 3.46. The Bertz CT molecular complexity index is 1050. The molecule has 1 atom stereocenters. The zero-order chi connectivity index (χ0) is 20.5. The lowest BCUT2D eigenvalue weighted by Crippen LogP contribution is -2.43. The first-order chi connectivity index (χ1) is 14.0. The number of rotatable bonds is 4. The lowest BCUT2D eigenvalue weighted by molar-refractivity contribution is 0.0608. The van der Waals surface area contributed by atoms with Crippen LogP contribution in [-0.2, 0) is 0 Å². The molecule has 1 aliphatic heterocycles. The van der Waals surface area contributed by atoms with Gasteiger partial charge in [-0.3, -0.25) is 4.79 Å². The number of hydrogen-bond acceptors (Lipinski definition) is 4. The van der Waals surface area contributed by atoms with Gasteiger partial charge in [0.15, 0.2) is 5.65 Å². The molecule has 29 heavy (non-hydrogen) atoms. The van der Waals surface area contributed by atoms with E-state index in [0.29, 0.717) is 16.2 Å². The van der Waals surface area contributed by atoms with Crippen molar-refractivity contribution in [1.82, 2.24) is 19.7 Å². The quantitative estimate of drug-likeness (QED) is 0.617. The third-order valence-electron chi connectivity index (χ3n) is 5.71. The van der Waals surface area contributed by atoms with Gasteiger partial charge in [-0.05, 0) is 56.9 Å². The summed E-state index contributed by atoms with van der Waals surface area (Å²) in [6.07, 6.45) is 5.79. The number of carbonyl (C=O) groups is 1.